The standard InChI is InChI=1S/C32H39N5O3/c1-20(2)16-26-29(38)34-27(24-17-22-8-6-7-9-23(22)18-24)31(40)37(26)28(30(39)35-32(3,4)5)21-10-12-25(13-11-21)36-15-14-33-19-36/h6-15,19-20,24,26-28H,16-18H2,1-5H3,(H,34,38)(H,35,39). The van der Waals surface area contributed by atoms with Crippen molar-refractivity contribution in [2.24, 2.45) is 11.8 Å². The lowest BCUT2D eigenvalue weighted by Crippen LogP contribution is -2.67. The van der Waals surface area contributed by atoms with E-state index in [1.54, 1.807) is 17.4 Å². The normalized spacial score (nSPS) is 20.4. The van der Waals surface area contributed by atoms with Crippen molar-refractivity contribution in [3.63, 3.8) is 0 Å². The van der Waals surface area contributed by atoms with Crippen LogP contribution in [-0.2, 0) is 27.2 Å². The maximum absolute atomic E-state index is 14.5. The van der Waals surface area contributed by atoms with Gasteiger partial charge in [0, 0.05) is 23.6 Å². The summed E-state index contributed by atoms with van der Waals surface area (Å²) in [5, 5.41) is 6.16. The predicted molar refractivity (Wildman–Crippen MR) is 154 cm³/mol. The molecular weight excluding hydrogens is 502 g/mol. The molecule has 0 spiro atoms. The first-order valence-corrected chi connectivity index (χ1v) is 14.1. The molecule has 2 N–H and O–H groups in total. The molecule has 3 atom stereocenters. The summed E-state index contributed by atoms with van der Waals surface area (Å²) in [6, 6.07) is 13.3. The Bertz CT molecular complexity index is 1350. The van der Waals surface area contributed by atoms with Crippen LogP contribution in [0.15, 0.2) is 67.3 Å². The fourth-order valence-corrected chi connectivity index (χ4v) is 5.99. The van der Waals surface area contributed by atoms with Crippen molar-refractivity contribution >= 4 is 17.7 Å². The minimum atomic E-state index is -0.954. The van der Waals surface area contributed by atoms with E-state index < -0.39 is 23.7 Å². The van der Waals surface area contributed by atoms with Crippen LogP contribution in [0.25, 0.3) is 5.69 Å². The third kappa shape index (κ3) is 5.67. The number of carbonyl (C=O) groups excluding carboxylic acids is 3. The van der Waals surface area contributed by atoms with Gasteiger partial charge in [-0.25, -0.2) is 4.98 Å². The van der Waals surface area contributed by atoms with Crippen LogP contribution in [0.5, 0.6) is 0 Å². The molecule has 8 heteroatoms. The van der Waals surface area contributed by atoms with Crippen LogP contribution < -0.4 is 10.6 Å². The molecule has 8 nitrogen and oxygen atoms in total. The Balaban J connectivity index is 1.55. The number of nitrogens with zero attached hydrogens (tertiary/aromatic N) is 3. The largest absolute Gasteiger partial charge is 0.349 e. The summed E-state index contributed by atoms with van der Waals surface area (Å²) in [6.07, 6.45) is 7.15. The van der Waals surface area contributed by atoms with E-state index >= 15 is 0 Å². The van der Waals surface area contributed by atoms with E-state index in [0.29, 0.717) is 24.8 Å². The van der Waals surface area contributed by atoms with Crippen molar-refractivity contribution in [1.82, 2.24) is 25.1 Å². The van der Waals surface area contributed by atoms with Crippen molar-refractivity contribution in [3.8, 4) is 5.69 Å². The zero-order chi connectivity index (χ0) is 28.6. The average Bonchev–Trinajstić information content (AvgIpc) is 3.57. The van der Waals surface area contributed by atoms with Crippen molar-refractivity contribution in [2.45, 2.75) is 77.5 Å². The second-order valence-corrected chi connectivity index (χ2v) is 12.5. The van der Waals surface area contributed by atoms with Crippen LogP contribution in [0.4, 0.5) is 0 Å². The number of fused-ring (bicyclic) bond motifs is 1. The summed E-state index contributed by atoms with van der Waals surface area (Å²) in [5.41, 5.74) is 3.45. The zero-order valence-electron chi connectivity index (χ0n) is 23.9. The van der Waals surface area contributed by atoms with Crippen molar-refractivity contribution in [2.75, 3.05) is 0 Å². The number of nitrogens with one attached hydrogen (secondary N) is 2. The highest BCUT2D eigenvalue weighted by molar-refractivity contribution is 6.00. The molecule has 1 aliphatic carbocycles. The van der Waals surface area contributed by atoms with Gasteiger partial charge in [0.15, 0.2) is 0 Å². The molecule has 1 aliphatic heterocycles. The van der Waals surface area contributed by atoms with Gasteiger partial charge in [-0.2, -0.15) is 0 Å². The zero-order valence-corrected chi connectivity index (χ0v) is 23.9. The summed E-state index contributed by atoms with van der Waals surface area (Å²) in [5.74, 6) is -0.610. The van der Waals surface area contributed by atoms with Gasteiger partial charge in [-0.1, -0.05) is 50.2 Å². The Morgan fingerprint density at radius 1 is 1.05 bits per heavy atom. The van der Waals surface area contributed by atoms with Crippen LogP contribution in [0.3, 0.4) is 0 Å². The molecule has 2 aromatic carbocycles. The molecule has 3 aromatic rings. The van der Waals surface area contributed by atoms with Crippen LogP contribution >= 0.6 is 0 Å². The number of rotatable bonds is 7. The van der Waals surface area contributed by atoms with Crippen molar-refractivity contribution < 1.29 is 14.4 Å². The third-order valence-electron chi connectivity index (χ3n) is 7.74. The van der Waals surface area contributed by atoms with Gasteiger partial charge in [-0.3, -0.25) is 14.4 Å². The molecule has 3 amide bonds. The summed E-state index contributed by atoms with van der Waals surface area (Å²) < 4.78 is 1.88. The monoisotopic (exact) mass is 541 g/mol. The third-order valence-corrected chi connectivity index (χ3v) is 7.74. The molecule has 2 heterocycles. The number of amides is 3. The van der Waals surface area contributed by atoms with Gasteiger partial charge in [0.25, 0.3) is 0 Å². The quantitative estimate of drug-likeness (QED) is 0.473. The molecule has 0 radical (unpaired) electrons. The van der Waals surface area contributed by atoms with Crippen molar-refractivity contribution in [1.29, 1.82) is 0 Å². The lowest BCUT2D eigenvalue weighted by Gasteiger charge is -2.45. The van der Waals surface area contributed by atoms with E-state index in [-0.39, 0.29) is 29.6 Å². The molecule has 2 aliphatic rings. The number of benzene rings is 2. The predicted octanol–water partition coefficient (Wildman–Crippen LogP) is 3.98. The molecule has 1 saturated heterocycles. The SMILES string of the molecule is CC(C)CC1C(=O)NC(C2Cc3ccccc3C2)C(=O)N1C(C(=O)NC(C)(C)C)c1ccc(-n2ccnc2)cc1. The second-order valence-electron chi connectivity index (χ2n) is 12.5. The van der Waals surface area contributed by atoms with Gasteiger partial charge < -0.3 is 20.1 Å². The average molecular weight is 542 g/mol. The Morgan fingerprint density at radius 2 is 1.70 bits per heavy atom. The van der Waals surface area contributed by atoms with Crippen LogP contribution in [-0.4, -0.2) is 49.8 Å². The van der Waals surface area contributed by atoms with Gasteiger partial charge in [0.05, 0.1) is 6.33 Å². The smallest absolute Gasteiger partial charge is 0.247 e. The number of piperazine rings is 1. The highest BCUT2D eigenvalue weighted by atomic mass is 16.2. The number of hydrogen-bond acceptors (Lipinski definition) is 4. The molecule has 5 rings (SSSR count). The van der Waals surface area contributed by atoms with E-state index in [4.69, 9.17) is 0 Å². The molecule has 0 bridgehead atoms. The first-order valence-electron chi connectivity index (χ1n) is 14.1. The van der Waals surface area contributed by atoms with E-state index in [9.17, 15) is 14.4 Å². The highest BCUT2D eigenvalue weighted by Crippen LogP contribution is 2.35. The Morgan fingerprint density at radius 3 is 2.25 bits per heavy atom. The minimum absolute atomic E-state index is 0.0636. The number of hydrogen-bond donors (Lipinski definition) is 2. The highest BCUT2D eigenvalue weighted by Gasteiger charge is 2.49. The van der Waals surface area contributed by atoms with Gasteiger partial charge in [0.2, 0.25) is 17.7 Å². The van der Waals surface area contributed by atoms with E-state index in [1.165, 1.54) is 11.1 Å². The lowest BCUT2D eigenvalue weighted by molar-refractivity contribution is -0.158. The molecule has 210 valence electrons. The maximum atomic E-state index is 14.5. The molecular formula is C32H39N5O3. The lowest BCUT2D eigenvalue weighted by atomic mass is 9.87. The molecule has 40 heavy (non-hydrogen) atoms. The van der Waals surface area contributed by atoms with Crippen LogP contribution in [0, 0.1) is 11.8 Å². The van der Waals surface area contributed by atoms with E-state index in [2.05, 4.69) is 27.8 Å². The Kier molecular flexibility index (Phi) is 7.53. The molecule has 3 unspecified atom stereocenters. The van der Waals surface area contributed by atoms with Crippen LogP contribution in [0.2, 0.25) is 0 Å². The first-order chi connectivity index (χ1) is 19.0. The van der Waals surface area contributed by atoms with E-state index in [1.807, 2.05) is 81.8 Å². The van der Waals surface area contributed by atoms with Crippen molar-refractivity contribution in [3.05, 3.63) is 83.9 Å². The first kappa shape index (κ1) is 27.6. The number of aromatic nitrogens is 2. The summed E-state index contributed by atoms with van der Waals surface area (Å²) in [7, 11) is 0. The van der Waals surface area contributed by atoms with Gasteiger partial charge in [-0.05, 0) is 80.7 Å². The molecule has 0 saturated carbocycles. The molecule has 1 aromatic heterocycles. The van der Waals surface area contributed by atoms with E-state index in [0.717, 1.165) is 5.69 Å². The Hall–Kier alpha value is -3.94. The minimum Gasteiger partial charge on any atom is -0.349 e. The summed E-state index contributed by atoms with van der Waals surface area (Å²) in [6.45, 7) is 9.80. The number of carbonyl (C=O) groups is 3. The fraction of sp³-hybridized carbons (Fsp3) is 0.438. The van der Waals surface area contributed by atoms with Gasteiger partial charge in [-0.15, -0.1) is 0 Å². The summed E-state index contributed by atoms with van der Waals surface area (Å²) >= 11 is 0. The molecule has 1 fully saturated rings. The number of imidazole rings is 1. The topological polar surface area (TPSA) is 96.3 Å². The van der Waals surface area contributed by atoms with Gasteiger partial charge >= 0.3 is 0 Å². The van der Waals surface area contributed by atoms with Gasteiger partial charge in [0.1, 0.15) is 18.1 Å². The second kappa shape index (κ2) is 10.9. The van der Waals surface area contributed by atoms with Crippen LogP contribution in [0.1, 0.15) is 63.8 Å². The Labute approximate surface area is 236 Å². The fourth-order valence-electron chi connectivity index (χ4n) is 5.99. The summed E-state index contributed by atoms with van der Waals surface area (Å²) in [4.78, 5) is 47.9. The maximum Gasteiger partial charge on any atom is 0.247 e.